The van der Waals surface area contributed by atoms with Crippen molar-refractivity contribution in [3.05, 3.63) is 60.2 Å². The highest BCUT2D eigenvalue weighted by Gasteiger charge is 2.81. The van der Waals surface area contributed by atoms with Crippen LogP contribution >= 0.6 is 0 Å². The van der Waals surface area contributed by atoms with E-state index in [4.69, 9.17) is 42.6 Å². The van der Waals surface area contributed by atoms with Gasteiger partial charge in [-0.05, 0) is 124 Å². The lowest BCUT2D eigenvalue weighted by molar-refractivity contribution is -0.357. The number of rotatable bonds is 19. The lowest BCUT2D eigenvalue weighted by Gasteiger charge is -2.47. The van der Waals surface area contributed by atoms with Crippen LogP contribution in [0.15, 0.2) is 54.6 Å². The molecule has 0 spiro atoms. The lowest BCUT2D eigenvalue weighted by atomic mass is 9.78. The van der Waals surface area contributed by atoms with Crippen molar-refractivity contribution < 1.29 is 66.6 Å². The second-order valence-corrected chi connectivity index (χ2v) is 21.4. The first-order valence-electron chi connectivity index (χ1n) is 23.7. The zero-order valence-corrected chi connectivity index (χ0v) is 42.0. The van der Waals surface area contributed by atoms with Gasteiger partial charge in [-0.1, -0.05) is 77.1 Å². The predicted molar refractivity (Wildman–Crippen MR) is 246 cm³/mol. The summed E-state index contributed by atoms with van der Waals surface area (Å²) in [5.41, 5.74) is -4.60. The molecule has 0 radical (unpaired) electrons. The highest BCUT2D eigenvalue weighted by atomic mass is 16.8. The van der Waals surface area contributed by atoms with Crippen LogP contribution in [0.25, 0.3) is 0 Å². The number of fused-ring (bicyclic) bond motifs is 2. The average Bonchev–Trinajstić information content (AvgIpc) is 3.40. The Morgan fingerprint density at radius 3 is 2.05 bits per heavy atom. The van der Waals surface area contributed by atoms with Gasteiger partial charge in [-0.25, -0.2) is 14.4 Å². The van der Waals surface area contributed by atoms with Crippen molar-refractivity contribution in [1.29, 1.82) is 0 Å². The van der Waals surface area contributed by atoms with Crippen LogP contribution in [0.1, 0.15) is 147 Å². The van der Waals surface area contributed by atoms with Crippen LogP contribution in [0.5, 0.6) is 0 Å². The van der Waals surface area contributed by atoms with Crippen LogP contribution < -0.4 is 0 Å². The fraction of sp³-hybridized carbons (Fsp3) is 0.712. The molecule has 11 atom stereocenters. The second-order valence-electron chi connectivity index (χ2n) is 21.4. The van der Waals surface area contributed by atoms with E-state index in [-0.39, 0.29) is 24.7 Å². The first-order valence-corrected chi connectivity index (χ1v) is 23.7. The normalized spacial score (nSPS) is 27.5. The molecule has 2 bridgehead atoms. The summed E-state index contributed by atoms with van der Waals surface area (Å²) in [4.78, 5) is 72.0. The molecule has 0 N–H and O–H groups in total. The topological polar surface area (TPSA) is 168 Å². The molecule has 0 saturated carbocycles. The van der Waals surface area contributed by atoms with Gasteiger partial charge in [0.15, 0.2) is 24.6 Å². The van der Waals surface area contributed by atoms with Gasteiger partial charge >= 0.3 is 29.8 Å². The van der Waals surface area contributed by atoms with Crippen molar-refractivity contribution in [2.45, 2.75) is 207 Å². The minimum Gasteiger partial charge on any atom is -0.460 e. The largest absolute Gasteiger partial charge is 0.460 e. The van der Waals surface area contributed by atoms with Crippen molar-refractivity contribution in [2.24, 2.45) is 23.7 Å². The Labute approximate surface area is 393 Å². The standard InChI is InChI=1S/C52H78O14/c1-16-32(2)30-33(3)25-26-38(54)60-44-43(61-39-24-20-21-29-58-39)51(28-27-34(4)41(59-36(6)53)35(5)31-37-22-18-17-19-23-37)62-42(46(56)64-49(10,11)12)40(45(55)63-48(7,8)9)52(44,66-51)47(57)65-50(13,14)15/h17-19,22-23,25-26,32-33,35,39-44H,4,16,20-21,24,27-31H2,1-3,5-15H3/b26-25+/t32?,33?,35?,39?,40-,41?,42-,43+,44+,51-,52-/m0/s1. The number of carbonyl (C=O) groups is 5. The van der Waals surface area contributed by atoms with Crippen LogP contribution in [-0.4, -0.2) is 95.4 Å². The molecule has 4 rings (SSSR count). The molecule has 3 aliphatic heterocycles. The molecule has 3 heterocycles. The van der Waals surface area contributed by atoms with E-state index < -0.39 is 94.7 Å². The number of esters is 5. The SMILES string of the molecule is C=C(CC[C@]12O[C@H](C(=O)OC(C)(C)C)[C@@H](C(=O)OC(C)(C)C)[C@](C(=O)OC(C)(C)C)(O1)[C@H](OC(=O)/C=C/C(C)CC(C)CC)[C@H]2OC1CCCCO1)C(OC(C)=O)C(C)Cc1ccccc1. The van der Waals surface area contributed by atoms with E-state index in [0.29, 0.717) is 30.9 Å². The molecule has 0 amide bonds. The number of hydrogen-bond acceptors (Lipinski definition) is 14. The summed E-state index contributed by atoms with van der Waals surface area (Å²) < 4.78 is 57.2. The summed E-state index contributed by atoms with van der Waals surface area (Å²) in [5, 5.41) is 0. The highest BCUT2D eigenvalue weighted by Crippen LogP contribution is 2.57. The summed E-state index contributed by atoms with van der Waals surface area (Å²) in [6.45, 7) is 29.0. The molecular formula is C52H78O14. The van der Waals surface area contributed by atoms with Gasteiger partial charge in [-0.3, -0.25) is 9.59 Å². The Morgan fingerprint density at radius 2 is 1.48 bits per heavy atom. The Balaban J connectivity index is 2.00. The van der Waals surface area contributed by atoms with Gasteiger partial charge in [0, 0.05) is 31.9 Å². The van der Waals surface area contributed by atoms with E-state index in [1.165, 1.54) is 13.0 Å². The molecule has 3 saturated heterocycles. The molecule has 3 fully saturated rings. The van der Waals surface area contributed by atoms with Crippen molar-refractivity contribution in [3.63, 3.8) is 0 Å². The summed E-state index contributed by atoms with van der Waals surface area (Å²) in [6.07, 6.45) is 0.0846. The van der Waals surface area contributed by atoms with Crippen LogP contribution in [0.3, 0.4) is 0 Å². The maximum atomic E-state index is 15.4. The summed E-state index contributed by atoms with van der Waals surface area (Å²) in [5.74, 6) is -8.60. The first kappa shape index (κ1) is 54.5. The third-order valence-electron chi connectivity index (χ3n) is 11.7. The van der Waals surface area contributed by atoms with Gasteiger partial charge in [0.1, 0.15) is 28.8 Å². The molecule has 370 valence electrons. The minimum absolute atomic E-state index is 0.0126. The fourth-order valence-corrected chi connectivity index (χ4v) is 8.74. The van der Waals surface area contributed by atoms with Crippen LogP contribution in [0.4, 0.5) is 0 Å². The Morgan fingerprint density at radius 1 is 0.864 bits per heavy atom. The Kier molecular flexibility index (Phi) is 18.4. The number of hydrogen-bond donors (Lipinski definition) is 0. The van der Waals surface area contributed by atoms with Crippen molar-refractivity contribution >= 4 is 29.8 Å². The number of allylic oxidation sites excluding steroid dienone is 1. The van der Waals surface area contributed by atoms with E-state index in [1.54, 1.807) is 68.4 Å². The van der Waals surface area contributed by atoms with Crippen LogP contribution in [0, 0.1) is 23.7 Å². The molecule has 14 nitrogen and oxygen atoms in total. The first-order chi connectivity index (χ1) is 30.6. The quantitative estimate of drug-likeness (QED) is 0.0557. The molecule has 0 aliphatic carbocycles. The van der Waals surface area contributed by atoms with Crippen molar-refractivity contribution in [1.82, 2.24) is 0 Å². The predicted octanol–water partition coefficient (Wildman–Crippen LogP) is 9.09. The fourth-order valence-electron chi connectivity index (χ4n) is 8.74. The third kappa shape index (κ3) is 14.7. The van der Waals surface area contributed by atoms with Crippen LogP contribution in [-0.2, 0) is 73.0 Å². The van der Waals surface area contributed by atoms with Crippen molar-refractivity contribution in [3.8, 4) is 0 Å². The van der Waals surface area contributed by atoms with E-state index in [0.717, 1.165) is 31.2 Å². The number of carbonyl (C=O) groups excluding carboxylic acids is 5. The Hall–Kier alpha value is -4.11. The highest BCUT2D eigenvalue weighted by molar-refractivity contribution is 5.95. The number of ether oxygens (including phenoxy) is 9. The molecule has 0 aromatic heterocycles. The van der Waals surface area contributed by atoms with Crippen LogP contribution in [0.2, 0.25) is 0 Å². The summed E-state index contributed by atoms with van der Waals surface area (Å²) >= 11 is 0. The maximum absolute atomic E-state index is 15.4. The van der Waals surface area contributed by atoms with Gasteiger partial charge in [-0.15, -0.1) is 0 Å². The molecular weight excluding hydrogens is 849 g/mol. The maximum Gasteiger partial charge on any atom is 0.344 e. The molecule has 1 aromatic rings. The smallest absolute Gasteiger partial charge is 0.344 e. The third-order valence-corrected chi connectivity index (χ3v) is 11.7. The molecule has 1 aromatic carbocycles. The molecule has 14 heteroatoms. The lowest BCUT2D eigenvalue weighted by Crippen LogP contribution is -2.68. The molecule has 5 unspecified atom stereocenters. The minimum atomic E-state index is -2.64. The average molecular weight is 927 g/mol. The monoisotopic (exact) mass is 927 g/mol. The van der Waals surface area contributed by atoms with Crippen molar-refractivity contribution in [2.75, 3.05) is 6.61 Å². The van der Waals surface area contributed by atoms with E-state index in [1.807, 2.05) is 44.2 Å². The van der Waals surface area contributed by atoms with E-state index in [2.05, 4.69) is 20.4 Å². The van der Waals surface area contributed by atoms with E-state index >= 15 is 4.79 Å². The summed E-state index contributed by atoms with van der Waals surface area (Å²) in [7, 11) is 0. The van der Waals surface area contributed by atoms with Gasteiger partial charge in [0.25, 0.3) is 0 Å². The summed E-state index contributed by atoms with van der Waals surface area (Å²) in [6, 6.07) is 9.75. The van der Waals surface area contributed by atoms with Gasteiger partial charge in [0.2, 0.25) is 11.4 Å². The molecule has 66 heavy (non-hydrogen) atoms. The number of benzene rings is 1. The second kappa shape index (κ2) is 22.3. The molecule has 3 aliphatic rings. The van der Waals surface area contributed by atoms with Gasteiger partial charge < -0.3 is 42.6 Å². The van der Waals surface area contributed by atoms with Gasteiger partial charge in [0.05, 0.1) is 0 Å². The van der Waals surface area contributed by atoms with E-state index in [9.17, 15) is 19.2 Å². The zero-order valence-electron chi connectivity index (χ0n) is 42.0. The van der Waals surface area contributed by atoms with Gasteiger partial charge in [-0.2, -0.15) is 0 Å². The Bertz CT molecular complexity index is 1860. The zero-order chi connectivity index (χ0) is 49.4.